The number of nitrogens with one attached hydrogen (secondary N) is 1. The van der Waals surface area contributed by atoms with Crippen LogP contribution in [-0.4, -0.2) is 26.5 Å². The Bertz CT molecular complexity index is 936. The van der Waals surface area contributed by atoms with Crippen LogP contribution in [0.5, 0.6) is 5.75 Å². The second kappa shape index (κ2) is 7.94. The molecule has 2 heterocycles. The predicted molar refractivity (Wildman–Crippen MR) is 115 cm³/mol. The highest BCUT2D eigenvalue weighted by atomic mass is 16.3. The molecule has 0 unspecified atom stereocenters. The van der Waals surface area contributed by atoms with E-state index in [0.717, 1.165) is 54.0 Å². The number of para-hydroxylation sites is 1. The van der Waals surface area contributed by atoms with E-state index >= 15 is 0 Å². The summed E-state index contributed by atoms with van der Waals surface area (Å²) >= 11 is 0. The van der Waals surface area contributed by atoms with Crippen LogP contribution in [0.4, 0.5) is 0 Å². The standard InChI is InChI=1S/C24H33N3O2/c1-24(2,3)19-11-7-10-17(21(19)28)14-27-13-12-20-18(15-27)23(29)26-22(25-20)16-8-5-4-6-9-16/h7,10-11,16,28H,4-6,8-9,12-15H2,1-3H3,(H,25,26,29). The highest BCUT2D eigenvalue weighted by Crippen LogP contribution is 2.34. The number of phenols is 1. The summed E-state index contributed by atoms with van der Waals surface area (Å²) in [5.74, 6) is 1.69. The van der Waals surface area contributed by atoms with Gasteiger partial charge in [0.25, 0.3) is 5.56 Å². The van der Waals surface area contributed by atoms with Crippen LogP contribution in [0.2, 0.25) is 0 Å². The van der Waals surface area contributed by atoms with Crippen molar-refractivity contribution in [3.05, 3.63) is 56.8 Å². The molecule has 0 atom stereocenters. The van der Waals surface area contributed by atoms with Crippen molar-refractivity contribution in [2.24, 2.45) is 0 Å². The van der Waals surface area contributed by atoms with Crippen LogP contribution in [-0.2, 0) is 24.9 Å². The van der Waals surface area contributed by atoms with Crippen molar-refractivity contribution < 1.29 is 5.11 Å². The highest BCUT2D eigenvalue weighted by molar-refractivity contribution is 5.44. The molecule has 5 nitrogen and oxygen atoms in total. The van der Waals surface area contributed by atoms with Crippen molar-refractivity contribution in [2.75, 3.05) is 6.54 Å². The van der Waals surface area contributed by atoms with Gasteiger partial charge in [-0.2, -0.15) is 0 Å². The molecule has 156 valence electrons. The molecule has 0 saturated heterocycles. The summed E-state index contributed by atoms with van der Waals surface area (Å²) in [5, 5.41) is 10.8. The smallest absolute Gasteiger partial charge is 0.255 e. The zero-order valence-electron chi connectivity index (χ0n) is 17.9. The Kier molecular flexibility index (Phi) is 5.52. The zero-order chi connectivity index (χ0) is 20.6. The quantitative estimate of drug-likeness (QED) is 0.809. The number of fused-ring (bicyclic) bond motifs is 1. The molecular weight excluding hydrogens is 362 g/mol. The van der Waals surface area contributed by atoms with Crippen molar-refractivity contribution in [1.29, 1.82) is 0 Å². The molecule has 0 radical (unpaired) electrons. The molecule has 1 fully saturated rings. The van der Waals surface area contributed by atoms with Crippen LogP contribution in [0, 0.1) is 0 Å². The number of aromatic hydroxyl groups is 1. The van der Waals surface area contributed by atoms with Crippen molar-refractivity contribution in [2.45, 2.75) is 83.7 Å². The molecule has 29 heavy (non-hydrogen) atoms. The lowest BCUT2D eigenvalue weighted by molar-refractivity contribution is 0.237. The monoisotopic (exact) mass is 395 g/mol. The number of nitrogens with zero attached hydrogens (tertiary/aromatic N) is 2. The number of rotatable bonds is 3. The van der Waals surface area contributed by atoms with Gasteiger partial charge in [-0.3, -0.25) is 9.69 Å². The summed E-state index contributed by atoms with van der Waals surface area (Å²) in [6, 6.07) is 5.98. The minimum absolute atomic E-state index is 0.0212. The molecule has 0 amide bonds. The van der Waals surface area contributed by atoms with Gasteiger partial charge in [0.1, 0.15) is 11.6 Å². The summed E-state index contributed by atoms with van der Waals surface area (Å²) in [5.41, 5.74) is 3.56. The van der Waals surface area contributed by atoms with Gasteiger partial charge in [-0.05, 0) is 23.8 Å². The Morgan fingerprint density at radius 3 is 2.69 bits per heavy atom. The predicted octanol–water partition coefficient (Wildman–Crippen LogP) is 4.38. The van der Waals surface area contributed by atoms with Crippen molar-refractivity contribution in [1.82, 2.24) is 14.9 Å². The number of phenolic OH excluding ortho intramolecular Hbond substituents is 1. The van der Waals surface area contributed by atoms with Crippen LogP contribution in [0.15, 0.2) is 23.0 Å². The summed E-state index contributed by atoms with van der Waals surface area (Å²) in [6.45, 7) is 8.40. The maximum Gasteiger partial charge on any atom is 0.255 e. The van der Waals surface area contributed by atoms with Gasteiger partial charge in [0.15, 0.2) is 0 Å². The first-order valence-electron chi connectivity index (χ1n) is 11.0. The molecule has 0 bridgehead atoms. The van der Waals surface area contributed by atoms with Gasteiger partial charge in [0, 0.05) is 37.5 Å². The Morgan fingerprint density at radius 2 is 1.97 bits per heavy atom. The van der Waals surface area contributed by atoms with E-state index in [4.69, 9.17) is 4.98 Å². The molecule has 1 saturated carbocycles. The zero-order valence-corrected chi connectivity index (χ0v) is 17.9. The number of aromatic nitrogens is 2. The maximum atomic E-state index is 12.8. The molecule has 1 aromatic carbocycles. The largest absolute Gasteiger partial charge is 0.507 e. The number of hydrogen-bond acceptors (Lipinski definition) is 4. The fraction of sp³-hybridized carbons (Fsp3) is 0.583. The lowest BCUT2D eigenvalue weighted by Gasteiger charge is -2.30. The van der Waals surface area contributed by atoms with Gasteiger partial charge in [-0.1, -0.05) is 58.2 Å². The lowest BCUT2D eigenvalue weighted by atomic mass is 9.85. The third kappa shape index (κ3) is 4.25. The molecule has 1 aliphatic carbocycles. The number of benzene rings is 1. The van der Waals surface area contributed by atoms with Crippen LogP contribution in [0.3, 0.4) is 0 Å². The Labute approximate surface area is 173 Å². The second-order valence-electron chi connectivity index (χ2n) is 9.74. The molecule has 5 heteroatoms. The normalized spacial score (nSPS) is 18.6. The average molecular weight is 396 g/mol. The van der Waals surface area contributed by atoms with Gasteiger partial charge < -0.3 is 10.1 Å². The van der Waals surface area contributed by atoms with E-state index in [1.807, 2.05) is 18.2 Å². The fourth-order valence-corrected chi connectivity index (χ4v) is 4.77. The van der Waals surface area contributed by atoms with Crippen LogP contribution >= 0.6 is 0 Å². The molecule has 0 spiro atoms. The Hall–Kier alpha value is -2.14. The lowest BCUT2D eigenvalue weighted by Crippen LogP contribution is -2.36. The van der Waals surface area contributed by atoms with Crippen molar-refractivity contribution in [3.63, 3.8) is 0 Å². The van der Waals surface area contributed by atoms with Crippen LogP contribution in [0.1, 0.15) is 87.0 Å². The van der Waals surface area contributed by atoms with E-state index < -0.39 is 0 Å². The molecular formula is C24H33N3O2. The Balaban J connectivity index is 1.53. The third-order valence-corrected chi connectivity index (χ3v) is 6.48. The second-order valence-corrected chi connectivity index (χ2v) is 9.74. The first kappa shape index (κ1) is 20.1. The van der Waals surface area contributed by atoms with Crippen molar-refractivity contribution >= 4 is 0 Å². The molecule has 1 aromatic heterocycles. The summed E-state index contributed by atoms with van der Waals surface area (Å²) in [7, 11) is 0. The van der Waals surface area contributed by atoms with E-state index in [0.29, 0.717) is 24.8 Å². The van der Waals surface area contributed by atoms with E-state index in [1.165, 1.54) is 19.3 Å². The number of H-pyrrole nitrogens is 1. The maximum absolute atomic E-state index is 12.8. The van der Waals surface area contributed by atoms with Gasteiger partial charge >= 0.3 is 0 Å². The number of hydrogen-bond donors (Lipinski definition) is 2. The van der Waals surface area contributed by atoms with Crippen LogP contribution in [0.25, 0.3) is 0 Å². The third-order valence-electron chi connectivity index (χ3n) is 6.48. The number of aromatic amines is 1. The van der Waals surface area contributed by atoms with E-state index in [9.17, 15) is 9.90 Å². The van der Waals surface area contributed by atoms with Gasteiger partial charge in [0.2, 0.25) is 0 Å². The fourth-order valence-electron chi connectivity index (χ4n) is 4.77. The summed E-state index contributed by atoms with van der Waals surface area (Å²) in [6.07, 6.45) is 6.82. The van der Waals surface area contributed by atoms with Gasteiger partial charge in [0.05, 0.1) is 11.3 Å². The van der Waals surface area contributed by atoms with E-state index in [1.54, 1.807) is 0 Å². The topological polar surface area (TPSA) is 69.2 Å². The molecule has 2 aromatic rings. The first-order valence-corrected chi connectivity index (χ1v) is 11.0. The van der Waals surface area contributed by atoms with Crippen LogP contribution < -0.4 is 5.56 Å². The van der Waals surface area contributed by atoms with E-state index in [2.05, 4.69) is 30.7 Å². The van der Waals surface area contributed by atoms with Crippen molar-refractivity contribution in [3.8, 4) is 5.75 Å². The highest BCUT2D eigenvalue weighted by Gasteiger charge is 2.26. The van der Waals surface area contributed by atoms with E-state index in [-0.39, 0.29) is 11.0 Å². The minimum atomic E-state index is -0.106. The van der Waals surface area contributed by atoms with Gasteiger partial charge in [-0.15, -0.1) is 0 Å². The minimum Gasteiger partial charge on any atom is -0.507 e. The summed E-state index contributed by atoms with van der Waals surface area (Å²) < 4.78 is 0. The first-order chi connectivity index (χ1) is 13.8. The molecule has 4 rings (SSSR count). The molecule has 2 aliphatic rings. The molecule has 2 N–H and O–H groups in total. The Morgan fingerprint density at radius 1 is 1.21 bits per heavy atom. The SMILES string of the molecule is CC(C)(C)c1cccc(CN2CCc3nc(C4CCCCC4)[nH]c(=O)c3C2)c1O. The molecule has 1 aliphatic heterocycles. The van der Waals surface area contributed by atoms with Gasteiger partial charge in [-0.25, -0.2) is 4.98 Å². The summed E-state index contributed by atoms with van der Waals surface area (Å²) in [4.78, 5) is 23.0. The average Bonchev–Trinajstić information content (AvgIpc) is 2.69.